The molecule has 1 atom stereocenters. The fourth-order valence-electron chi connectivity index (χ4n) is 2.98. The summed E-state index contributed by atoms with van der Waals surface area (Å²) in [7, 11) is 0. The van der Waals surface area contributed by atoms with Crippen molar-refractivity contribution in [2.24, 2.45) is 5.92 Å². The van der Waals surface area contributed by atoms with E-state index in [9.17, 15) is 9.59 Å². The van der Waals surface area contributed by atoms with Crippen LogP contribution >= 0.6 is 23.7 Å². The molecule has 2 aliphatic heterocycles. The maximum absolute atomic E-state index is 12.3. The molecular formula is C15H22ClN3O2S. The molecule has 1 aromatic heterocycles. The zero-order valence-electron chi connectivity index (χ0n) is 12.5. The summed E-state index contributed by atoms with van der Waals surface area (Å²) < 4.78 is 0. The third kappa shape index (κ3) is 4.00. The van der Waals surface area contributed by atoms with Crippen LogP contribution < -0.4 is 5.32 Å². The van der Waals surface area contributed by atoms with Crippen LogP contribution in [0.15, 0.2) is 17.5 Å². The van der Waals surface area contributed by atoms with Gasteiger partial charge in [0.2, 0.25) is 5.91 Å². The summed E-state index contributed by atoms with van der Waals surface area (Å²) in [5, 5.41) is 5.22. The maximum atomic E-state index is 12.3. The fourth-order valence-corrected chi connectivity index (χ4v) is 3.67. The number of nitrogens with one attached hydrogen (secondary N) is 1. The van der Waals surface area contributed by atoms with E-state index in [2.05, 4.69) is 5.32 Å². The molecule has 0 spiro atoms. The number of hydrogen-bond donors (Lipinski definition) is 1. The molecular weight excluding hydrogens is 322 g/mol. The van der Waals surface area contributed by atoms with E-state index < -0.39 is 0 Å². The first-order valence-corrected chi connectivity index (χ1v) is 8.43. The van der Waals surface area contributed by atoms with Gasteiger partial charge in [0.1, 0.15) is 0 Å². The van der Waals surface area contributed by atoms with E-state index in [1.165, 1.54) is 11.3 Å². The summed E-state index contributed by atoms with van der Waals surface area (Å²) in [5.41, 5.74) is 0. The van der Waals surface area contributed by atoms with Gasteiger partial charge < -0.3 is 15.1 Å². The molecule has 1 unspecified atom stereocenters. The molecule has 2 saturated heterocycles. The monoisotopic (exact) mass is 343 g/mol. The molecule has 0 saturated carbocycles. The number of carbonyl (C=O) groups is 2. The molecule has 2 amide bonds. The number of halogens is 1. The normalized spacial score (nSPS) is 21.5. The van der Waals surface area contributed by atoms with Gasteiger partial charge in [0, 0.05) is 32.6 Å². The van der Waals surface area contributed by atoms with E-state index in [4.69, 9.17) is 0 Å². The quantitative estimate of drug-likeness (QED) is 0.904. The smallest absolute Gasteiger partial charge is 0.264 e. The van der Waals surface area contributed by atoms with Crippen LogP contribution in [-0.2, 0) is 4.79 Å². The van der Waals surface area contributed by atoms with Crippen molar-refractivity contribution >= 4 is 35.6 Å². The summed E-state index contributed by atoms with van der Waals surface area (Å²) in [6.45, 7) is 4.60. The van der Waals surface area contributed by atoms with Gasteiger partial charge in [-0.1, -0.05) is 6.07 Å². The molecule has 1 aromatic rings. The minimum atomic E-state index is 0. The fraction of sp³-hybridized carbons (Fsp3) is 0.600. The van der Waals surface area contributed by atoms with Crippen LogP contribution in [0.5, 0.6) is 0 Å². The largest absolute Gasteiger partial charge is 0.339 e. The molecule has 1 N–H and O–H groups in total. The lowest BCUT2D eigenvalue weighted by Crippen LogP contribution is -2.50. The van der Waals surface area contributed by atoms with Gasteiger partial charge in [0.25, 0.3) is 5.91 Å². The minimum Gasteiger partial charge on any atom is -0.339 e. The molecule has 5 nitrogen and oxygen atoms in total. The lowest BCUT2D eigenvalue weighted by molar-refractivity contribution is -0.133. The SMILES string of the molecule is Cl.O=C(CC1CCNC1)N1CCN(C(=O)c2cccs2)CC1. The van der Waals surface area contributed by atoms with E-state index in [0.717, 1.165) is 24.4 Å². The molecule has 2 fully saturated rings. The Kier molecular flexibility index (Phi) is 6.23. The van der Waals surface area contributed by atoms with Crippen LogP contribution in [-0.4, -0.2) is 60.9 Å². The average Bonchev–Trinajstić information content (AvgIpc) is 3.20. The van der Waals surface area contributed by atoms with Gasteiger partial charge >= 0.3 is 0 Å². The van der Waals surface area contributed by atoms with Gasteiger partial charge in [-0.05, 0) is 36.9 Å². The molecule has 0 bridgehead atoms. The van der Waals surface area contributed by atoms with Crippen molar-refractivity contribution in [1.82, 2.24) is 15.1 Å². The second-order valence-electron chi connectivity index (χ2n) is 5.71. The van der Waals surface area contributed by atoms with Gasteiger partial charge in [-0.2, -0.15) is 0 Å². The predicted molar refractivity (Wildman–Crippen MR) is 89.6 cm³/mol. The standard InChI is InChI=1S/C15H21N3O2S.ClH/c19-14(10-12-3-4-16-11-12)17-5-7-18(8-6-17)15(20)13-2-1-9-21-13;/h1-2,9,12,16H,3-8,10-11H2;1H. The highest BCUT2D eigenvalue weighted by molar-refractivity contribution is 7.12. The summed E-state index contributed by atoms with van der Waals surface area (Å²) in [6.07, 6.45) is 1.74. The van der Waals surface area contributed by atoms with Crippen molar-refractivity contribution in [2.75, 3.05) is 39.3 Å². The number of nitrogens with zero attached hydrogens (tertiary/aromatic N) is 2. The third-order valence-electron chi connectivity index (χ3n) is 4.28. The van der Waals surface area contributed by atoms with Gasteiger partial charge in [-0.25, -0.2) is 0 Å². The highest BCUT2D eigenvalue weighted by Gasteiger charge is 2.27. The predicted octanol–water partition coefficient (Wildman–Crippen LogP) is 1.45. The second-order valence-corrected chi connectivity index (χ2v) is 6.66. The number of piperazine rings is 1. The van der Waals surface area contributed by atoms with Gasteiger partial charge in [0.05, 0.1) is 4.88 Å². The Morgan fingerprint density at radius 1 is 1.23 bits per heavy atom. The van der Waals surface area contributed by atoms with Crippen LogP contribution in [0.4, 0.5) is 0 Å². The molecule has 3 heterocycles. The molecule has 3 rings (SSSR count). The molecule has 7 heteroatoms. The number of hydrogen-bond acceptors (Lipinski definition) is 4. The summed E-state index contributed by atoms with van der Waals surface area (Å²) >= 11 is 1.47. The lowest BCUT2D eigenvalue weighted by atomic mass is 10.0. The summed E-state index contributed by atoms with van der Waals surface area (Å²) in [4.78, 5) is 29.0. The Morgan fingerprint density at radius 2 is 1.95 bits per heavy atom. The third-order valence-corrected chi connectivity index (χ3v) is 5.14. The van der Waals surface area contributed by atoms with Gasteiger partial charge in [-0.3, -0.25) is 9.59 Å². The highest BCUT2D eigenvalue weighted by Crippen LogP contribution is 2.17. The second kappa shape index (κ2) is 7.94. The van der Waals surface area contributed by atoms with E-state index >= 15 is 0 Å². The van der Waals surface area contributed by atoms with Crippen LogP contribution in [0.1, 0.15) is 22.5 Å². The van der Waals surface area contributed by atoms with Crippen molar-refractivity contribution in [1.29, 1.82) is 0 Å². The van der Waals surface area contributed by atoms with Crippen LogP contribution in [0.2, 0.25) is 0 Å². The van der Waals surface area contributed by atoms with E-state index in [1.807, 2.05) is 27.3 Å². The highest BCUT2D eigenvalue weighted by atomic mass is 35.5. The number of thiophene rings is 1. The molecule has 122 valence electrons. The number of carbonyl (C=O) groups excluding carboxylic acids is 2. The maximum Gasteiger partial charge on any atom is 0.264 e. The Balaban J connectivity index is 0.00000176. The average molecular weight is 344 g/mol. The van der Waals surface area contributed by atoms with E-state index in [-0.39, 0.29) is 24.2 Å². The van der Waals surface area contributed by atoms with Crippen LogP contribution in [0, 0.1) is 5.92 Å². The molecule has 0 aromatic carbocycles. The molecule has 0 radical (unpaired) electrons. The topological polar surface area (TPSA) is 52.7 Å². The Morgan fingerprint density at radius 3 is 2.55 bits per heavy atom. The Labute approximate surface area is 141 Å². The number of rotatable bonds is 3. The first-order chi connectivity index (χ1) is 10.2. The Hall–Kier alpha value is -1.11. The van der Waals surface area contributed by atoms with Crippen molar-refractivity contribution in [2.45, 2.75) is 12.8 Å². The minimum absolute atomic E-state index is 0. The molecule has 0 aliphatic carbocycles. The van der Waals surface area contributed by atoms with Crippen molar-refractivity contribution in [3.8, 4) is 0 Å². The van der Waals surface area contributed by atoms with Crippen LogP contribution in [0.25, 0.3) is 0 Å². The summed E-state index contributed by atoms with van der Waals surface area (Å²) in [5.74, 6) is 0.826. The van der Waals surface area contributed by atoms with Gasteiger partial charge in [-0.15, -0.1) is 23.7 Å². The van der Waals surface area contributed by atoms with Crippen molar-refractivity contribution in [3.05, 3.63) is 22.4 Å². The number of amides is 2. The van der Waals surface area contributed by atoms with Crippen molar-refractivity contribution in [3.63, 3.8) is 0 Å². The Bertz CT molecular complexity index is 495. The first kappa shape index (κ1) is 17.2. The first-order valence-electron chi connectivity index (χ1n) is 7.55. The van der Waals surface area contributed by atoms with Crippen LogP contribution in [0.3, 0.4) is 0 Å². The van der Waals surface area contributed by atoms with E-state index in [0.29, 0.717) is 38.5 Å². The van der Waals surface area contributed by atoms with Gasteiger partial charge in [0.15, 0.2) is 0 Å². The van der Waals surface area contributed by atoms with E-state index in [1.54, 1.807) is 0 Å². The zero-order chi connectivity index (χ0) is 14.7. The van der Waals surface area contributed by atoms with Crippen molar-refractivity contribution < 1.29 is 9.59 Å². The zero-order valence-corrected chi connectivity index (χ0v) is 14.1. The summed E-state index contributed by atoms with van der Waals surface area (Å²) in [6, 6.07) is 3.75. The molecule has 22 heavy (non-hydrogen) atoms. The molecule has 2 aliphatic rings. The lowest BCUT2D eigenvalue weighted by Gasteiger charge is -2.35.